The topological polar surface area (TPSA) is 34.1 Å². The number of Topliss-reactive ketones (excluding diaryl/α,β-unsaturated/α-hetero) is 1. The molecule has 1 atom stereocenters. The molecule has 3 heteroatoms. The van der Waals surface area contributed by atoms with Crippen LogP contribution in [0.25, 0.3) is 0 Å². The molecule has 0 spiro atoms. The van der Waals surface area contributed by atoms with Crippen molar-refractivity contribution in [3.8, 4) is 0 Å². The second-order valence-electron chi connectivity index (χ2n) is 3.66. The van der Waals surface area contributed by atoms with Gasteiger partial charge in [-0.25, -0.2) is 0 Å². The summed E-state index contributed by atoms with van der Waals surface area (Å²) in [7, 11) is 0. The Morgan fingerprint density at radius 3 is 2.87 bits per heavy atom. The minimum absolute atomic E-state index is 0.0210. The van der Waals surface area contributed by atoms with E-state index >= 15 is 0 Å². The Kier molecular flexibility index (Phi) is 2.91. The molecule has 1 aromatic carbocycles. The Balaban J connectivity index is 2.26. The summed E-state index contributed by atoms with van der Waals surface area (Å²) in [6, 6.07) is 7.66. The fourth-order valence-corrected chi connectivity index (χ4v) is 2.75. The summed E-state index contributed by atoms with van der Waals surface area (Å²) in [4.78, 5) is 23.0. The summed E-state index contributed by atoms with van der Waals surface area (Å²) in [6.45, 7) is 1.51. The van der Waals surface area contributed by atoms with Crippen LogP contribution in [-0.4, -0.2) is 16.1 Å². The van der Waals surface area contributed by atoms with E-state index in [1.54, 1.807) is 0 Å². The first-order valence-electron chi connectivity index (χ1n) is 4.98. The van der Waals surface area contributed by atoms with Gasteiger partial charge in [0.1, 0.15) is 0 Å². The number of hydrogen-bond acceptors (Lipinski definition) is 3. The van der Waals surface area contributed by atoms with E-state index in [2.05, 4.69) is 0 Å². The largest absolute Gasteiger partial charge is 0.293 e. The molecular weight excluding hydrogens is 208 g/mol. The molecule has 0 radical (unpaired) electrons. The van der Waals surface area contributed by atoms with Crippen LogP contribution in [0, 0.1) is 0 Å². The summed E-state index contributed by atoms with van der Waals surface area (Å²) in [5.74, 6) is 0.108. The zero-order valence-electron chi connectivity index (χ0n) is 8.53. The van der Waals surface area contributed by atoms with Crippen molar-refractivity contribution >= 4 is 22.7 Å². The second-order valence-corrected chi connectivity index (χ2v) is 5.04. The molecule has 1 unspecified atom stereocenters. The van der Waals surface area contributed by atoms with Gasteiger partial charge in [-0.3, -0.25) is 9.59 Å². The Bertz CT molecular complexity index is 412. The molecule has 1 aliphatic carbocycles. The van der Waals surface area contributed by atoms with Crippen LogP contribution in [0.5, 0.6) is 0 Å². The lowest BCUT2D eigenvalue weighted by molar-refractivity contribution is -0.109. The van der Waals surface area contributed by atoms with Crippen LogP contribution >= 0.6 is 11.8 Å². The predicted octanol–water partition coefficient (Wildman–Crippen LogP) is 2.46. The highest BCUT2D eigenvalue weighted by Crippen LogP contribution is 2.28. The van der Waals surface area contributed by atoms with E-state index in [0.29, 0.717) is 0 Å². The van der Waals surface area contributed by atoms with Crippen molar-refractivity contribution in [3.05, 3.63) is 35.4 Å². The molecule has 0 heterocycles. The van der Waals surface area contributed by atoms with E-state index in [-0.39, 0.29) is 16.1 Å². The molecule has 0 N–H and O–H groups in total. The van der Waals surface area contributed by atoms with Crippen LogP contribution in [-0.2, 0) is 11.2 Å². The van der Waals surface area contributed by atoms with E-state index in [1.807, 2.05) is 24.3 Å². The maximum absolute atomic E-state index is 12.0. The summed E-state index contributed by atoms with van der Waals surface area (Å²) in [5, 5.41) is -0.148. The molecule has 0 amide bonds. The highest BCUT2D eigenvalue weighted by molar-refractivity contribution is 8.14. The summed E-state index contributed by atoms with van der Waals surface area (Å²) in [6.07, 6.45) is 1.67. The van der Waals surface area contributed by atoms with Crippen LogP contribution in [0.3, 0.4) is 0 Å². The molecule has 2 nitrogen and oxygen atoms in total. The third kappa shape index (κ3) is 2.12. The lowest BCUT2D eigenvalue weighted by Gasteiger charge is -2.21. The number of ketones is 1. The Morgan fingerprint density at radius 1 is 1.40 bits per heavy atom. The van der Waals surface area contributed by atoms with Gasteiger partial charge in [0.25, 0.3) is 0 Å². The summed E-state index contributed by atoms with van der Waals surface area (Å²) in [5.41, 5.74) is 1.91. The van der Waals surface area contributed by atoms with Crippen LogP contribution in [0.4, 0.5) is 0 Å². The molecular formula is C12H12O2S. The molecule has 2 rings (SSSR count). The van der Waals surface area contributed by atoms with Crippen molar-refractivity contribution in [2.75, 3.05) is 0 Å². The number of benzene rings is 1. The molecule has 1 aliphatic rings. The first kappa shape index (κ1) is 10.4. The first-order valence-corrected chi connectivity index (χ1v) is 5.86. The Labute approximate surface area is 93.1 Å². The lowest BCUT2D eigenvalue weighted by Crippen LogP contribution is -2.25. The number of hydrogen-bond donors (Lipinski definition) is 0. The normalized spacial score (nSPS) is 19.8. The molecule has 0 saturated heterocycles. The fourth-order valence-electron chi connectivity index (χ4n) is 1.88. The molecule has 15 heavy (non-hydrogen) atoms. The van der Waals surface area contributed by atoms with Gasteiger partial charge in [0.2, 0.25) is 0 Å². The van der Waals surface area contributed by atoms with Crippen LogP contribution < -0.4 is 0 Å². The minimum atomic E-state index is -0.169. The average molecular weight is 220 g/mol. The standard InChI is InChI=1S/C12H12O2S/c1-8(13)15-11-7-6-9-4-2-3-5-10(9)12(11)14/h2-5,11H,6-7H2,1H3. The summed E-state index contributed by atoms with van der Waals surface area (Å²) >= 11 is 1.16. The minimum Gasteiger partial charge on any atom is -0.293 e. The van der Waals surface area contributed by atoms with Gasteiger partial charge in [-0.1, -0.05) is 36.0 Å². The van der Waals surface area contributed by atoms with Crippen molar-refractivity contribution in [1.29, 1.82) is 0 Å². The molecule has 0 fully saturated rings. The zero-order valence-corrected chi connectivity index (χ0v) is 9.34. The zero-order chi connectivity index (χ0) is 10.8. The molecule has 0 bridgehead atoms. The molecule has 78 valence electrons. The van der Waals surface area contributed by atoms with Gasteiger partial charge in [0.15, 0.2) is 10.9 Å². The number of rotatable bonds is 1. The van der Waals surface area contributed by atoms with Crippen molar-refractivity contribution < 1.29 is 9.59 Å². The number of thioether (sulfide) groups is 1. The number of carbonyl (C=O) groups is 2. The molecule has 1 aromatic rings. The number of carbonyl (C=O) groups excluding carboxylic acids is 2. The maximum Gasteiger partial charge on any atom is 0.186 e. The molecule has 0 aliphatic heterocycles. The van der Waals surface area contributed by atoms with Gasteiger partial charge in [-0.2, -0.15) is 0 Å². The summed E-state index contributed by atoms with van der Waals surface area (Å²) < 4.78 is 0. The van der Waals surface area contributed by atoms with Gasteiger partial charge < -0.3 is 0 Å². The van der Waals surface area contributed by atoms with E-state index in [1.165, 1.54) is 6.92 Å². The predicted molar refractivity (Wildman–Crippen MR) is 61.2 cm³/mol. The monoisotopic (exact) mass is 220 g/mol. The average Bonchev–Trinajstić information content (AvgIpc) is 2.22. The highest BCUT2D eigenvalue weighted by Gasteiger charge is 2.28. The van der Waals surface area contributed by atoms with Crippen molar-refractivity contribution in [1.82, 2.24) is 0 Å². The van der Waals surface area contributed by atoms with Crippen molar-refractivity contribution in [3.63, 3.8) is 0 Å². The van der Waals surface area contributed by atoms with Crippen molar-refractivity contribution in [2.24, 2.45) is 0 Å². The SMILES string of the molecule is CC(=O)SC1CCc2ccccc2C1=O. The number of fused-ring (bicyclic) bond motifs is 1. The van der Waals surface area contributed by atoms with Gasteiger partial charge in [0.05, 0.1) is 5.25 Å². The van der Waals surface area contributed by atoms with E-state index in [9.17, 15) is 9.59 Å². The lowest BCUT2D eigenvalue weighted by atomic mass is 9.90. The Morgan fingerprint density at radius 2 is 2.13 bits per heavy atom. The maximum atomic E-state index is 12.0. The smallest absolute Gasteiger partial charge is 0.186 e. The third-order valence-corrected chi connectivity index (χ3v) is 3.63. The highest BCUT2D eigenvalue weighted by atomic mass is 32.2. The first-order chi connectivity index (χ1) is 7.18. The van der Waals surface area contributed by atoms with E-state index in [4.69, 9.17) is 0 Å². The van der Waals surface area contributed by atoms with E-state index < -0.39 is 0 Å². The van der Waals surface area contributed by atoms with Crippen molar-refractivity contribution in [2.45, 2.75) is 25.0 Å². The van der Waals surface area contributed by atoms with Gasteiger partial charge in [-0.15, -0.1) is 0 Å². The van der Waals surface area contributed by atoms with E-state index in [0.717, 1.165) is 35.7 Å². The third-order valence-electron chi connectivity index (χ3n) is 2.56. The van der Waals surface area contributed by atoms with Gasteiger partial charge in [-0.05, 0) is 18.4 Å². The van der Waals surface area contributed by atoms with Gasteiger partial charge >= 0.3 is 0 Å². The number of aryl methyl sites for hydroxylation is 1. The molecule has 0 aromatic heterocycles. The fraction of sp³-hybridized carbons (Fsp3) is 0.333. The quantitative estimate of drug-likeness (QED) is 0.729. The van der Waals surface area contributed by atoms with Crippen LogP contribution in [0.15, 0.2) is 24.3 Å². The van der Waals surface area contributed by atoms with Crippen LogP contribution in [0.2, 0.25) is 0 Å². The Hall–Kier alpha value is -1.09. The van der Waals surface area contributed by atoms with Gasteiger partial charge in [0, 0.05) is 12.5 Å². The van der Waals surface area contributed by atoms with Crippen LogP contribution in [0.1, 0.15) is 29.3 Å². The molecule has 0 saturated carbocycles. The second kappa shape index (κ2) is 4.19.